The van der Waals surface area contributed by atoms with Crippen molar-refractivity contribution in [1.29, 1.82) is 0 Å². The number of hydrogen-bond donors (Lipinski definition) is 1. The van der Waals surface area contributed by atoms with Crippen LogP contribution in [0.5, 0.6) is 0 Å². The van der Waals surface area contributed by atoms with E-state index in [4.69, 9.17) is 4.74 Å². The first kappa shape index (κ1) is 16.1. The van der Waals surface area contributed by atoms with Gasteiger partial charge < -0.3 is 15.0 Å². The van der Waals surface area contributed by atoms with E-state index >= 15 is 0 Å². The predicted octanol–water partition coefficient (Wildman–Crippen LogP) is 2.45. The van der Waals surface area contributed by atoms with Crippen LogP contribution < -0.4 is 5.32 Å². The summed E-state index contributed by atoms with van der Waals surface area (Å²) in [7, 11) is 0. The molecule has 2 amide bonds. The maximum atomic E-state index is 12.8. The van der Waals surface area contributed by atoms with Crippen LogP contribution in [0.2, 0.25) is 0 Å². The summed E-state index contributed by atoms with van der Waals surface area (Å²) in [6, 6.07) is 10.1. The number of nitrogens with one attached hydrogen (secondary N) is 1. The maximum absolute atomic E-state index is 12.8. The molecule has 2 saturated heterocycles. The third-order valence-corrected chi connectivity index (χ3v) is 5.51. The van der Waals surface area contributed by atoms with Crippen molar-refractivity contribution in [3.63, 3.8) is 0 Å². The van der Waals surface area contributed by atoms with Crippen LogP contribution in [0.1, 0.15) is 33.9 Å². The molecule has 0 aliphatic carbocycles. The number of thiazole rings is 1. The first-order valence-corrected chi connectivity index (χ1v) is 9.26. The second-order valence-corrected chi connectivity index (χ2v) is 7.49. The molecular weight excluding hydrogens is 338 g/mol. The molecule has 2 fully saturated rings. The second kappa shape index (κ2) is 6.48. The normalized spacial score (nSPS) is 22.7. The Balaban J connectivity index is 1.45. The number of carbonyl (C=O) groups excluding carboxylic acids is 2. The number of amides is 2. The molecule has 2 aliphatic rings. The summed E-state index contributed by atoms with van der Waals surface area (Å²) in [6.07, 6.45) is 1.94. The van der Waals surface area contributed by atoms with E-state index in [1.54, 1.807) is 4.90 Å². The fraction of sp³-hybridized carbons (Fsp3) is 0.389. The number of ether oxygens (including phenoxy) is 1. The van der Waals surface area contributed by atoms with Crippen molar-refractivity contribution in [2.75, 3.05) is 19.6 Å². The Morgan fingerprint density at radius 3 is 2.96 bits per heavy atom. The molecule has 7 heteroatoms. The molecule has 1 unspecified atom stereocenters. The number of nitrogens with zero attached hydrogens (tertiary/aromatic N) is 2. The number of carbonyl (C=O) groups is 2. The first-order valence-electron chi connectivity index (χ1n) is 8.38. The van der Waals surface area contributed by atoms with E-state index in [0.29, 0.717) is 25.3 Å². The second-order valence-electron chi connectivity index (χ2n) is 6.55. The van der Waals surface area contributed by atoms with Crippen LogP contribution in [-0.4, -0.2) is 47.1 Å². The Bertz CT molecular complexity index is 792. The average Bonchev–Trinajstić information content (AvgIpc) is 3.22. The molecule has 130 valence electrons. The standard InChI is InChI=1S/C18H19N3O3S/c22-16(21-8-4-7-18(12-21)11-19-17(23)24-18)14-10-25-15(20-14)9-13-5-2-1-3-6-13/h1-3,5-6,10H,4,7-9,11-12H2,(H,19,23). The monoisotopic (exact) mass is 357 g/mol. The molecule has 1 aromatic carbocycles. The third kappa shape index (κ3) is 3.37. The smallest absolute Gasteiger partial charge is 0.407 e. The van der Waals surface area contributed by atoms with Crippen LogP contribution in [0.15, 0.2) is 35.7 Å². The van der Waals surface area contributed by atoms with Crippen molar-refractivity contribution < 1.29 is 14.3 Å². The van der Waals surface area contributed by atoms with Crippen molar-refractivity contribution in [2.24, 2.45) is 0 Å². The molecule has 0 saturated carbocycles. The van der Waals surface area contributed by atoms with Gasteiger partial charge in [0.25, 0.3) is 5.91 Å². The van der Waals surface area contributed by atoms with Crippen LogP contribution >= 0.6 is 11.3 Å². The SMILES string of the molecule is O=C1NCC2(CCCN(C(=O)c3csc(Cc4ccccc4)n3)C2)O1. The summed E-state index contributed by atoms with van der Waals surface area (Å²) in [4.78, 5) is 30.5. The van der Waals surface area contributed by atoms with Crippen LogP contribution in [0, 0.1) is 0 Å². The summed E-state index contributed by atoms with van der Waals surface area (Å²) in [6.45, 7) is 1.56. The molecule has 0 radical (unpaired) electrons. The van der Waals surface area contributed by atoms with Gasteiger partial charge in [-0.2, -0.15) is 0 Å². The van der Waals surface area contributed by atoms with Gasteiger partial charge in [-0.1, -0.05) is 30.3 Å². The van der Waals surface area contributed by atoms with Crippen molar-refractivity contribution >= 4 is 23.3 Å². The van der Waals surface area contributed by atoms with E-state index < -0.39 is 11.7 Å². The molecule has 1 N–H and O–H groups in total. The molecule has 2 aromatic rings. The van der Waals surface area contributed by atoms with E-state index in [9.17, 15) is 9.59 Å². The highest BCUT2D eigenvalue weighted by atomic mass is 32.1. The lowest BCUT2D eigenvalue weighted by Gasteiger charge is -2.37. The van der Waals surface area contributed by atoms with Crippen molar-refractivity contribution in [3.8, 4) is 0 Å². The highest BCUT2D eigenvalue weighted by Crippen LogP contribution is 2.29. The van der Waals surface area contributed by atoms with Gasteiger partial charge in [0.15, 0.2) is 0 Å². The van der Waals surface area contributed by atoms with E-state index in [1.807, 2.05) is 23.6 Å². The molecule has 2 aliphatic heterocycles. The molecule has 4 rings (SSSR count). The molecule has 3 heterocycles. The van der Waals surface area contributed by atoms with Gasteiger partial charge in [0.1, 0.15) is 11.3 Å². The summed E-state index contributed by atoms with van der Waals surface area (Å²) in [5, 5.41) is 5.44. The zero-order chi connectivity index (χ0) is 17.3. The lowest BCUT2D eigenvalue weighted by molar-refractivity contribution is -0.00521. The van der Waals surface area contributed by atoms with Crippen LogP contribution in [0.3, 0.4) is 0 Å². The highest BCUT2D eigenvalue weighted by Gasteiger charge is 2.45. The topological polar surface area (TPSA) is 71.5 Å². The lowest BCUT2D eigenvalue weighted by Crippen LogP contribution is -2.52. The fourth-order valence-electron chi connectivity index (χ4n) is 3.42. The maximum Gasteiger partial charge on any atom is 0.407 e. The first-order chi connectivity index (χ1) is 12.1. The summed E-state index contributed by atoms with van der Waals surface area (Å²) >= 11 is 1.50. The zero-order valence-corrected chi connectivity index (χ0v) is 14.6. The average molecular weight is 357 g/mol. The molecular formula is C18H19N3O3S. The Hall–Kier alpha value is -2.41. The number of benzene rings is 1. The van der Waals surface area contributed by atoms with Gasteiger partial charge in [-0.3, -0.25) is 4.79 Å². The number of alkyl carbamates (subject to hydrolysis) is 1. The van der Waals surface area contributed by atoms with E-state index in [0.717, 1.165) is 24.3 Å². The van der Waals surface area contributed by atoms with Gasteiger partial charge in [0, 0.05) is 18.3 Å². The van der Waals surface area contributed by atoms with Crippen LogP contribution in [0.25, 0.3) is 0 Å². The number of hydrogen-bond acceptors (Lipinski definition) is 5. The molecule has 1 aromatic heterocycles. The Kier molecular flexibility index (Phi) is 4.17. The van der Waals surface area contributed by atoms with Gasteiger partial charge in [0.2, 0.25) is 0 Å². The third-order valence-electron chi connectivity index (χ3n) is 4.66. The fourth-order valence-corrected chi connectivity index (χ4v) is 4.23. The predicted molar refractivity (Wildman–Crippen MR) is 93.7 cm³/mol. The largest absolute Gasteiger partial charge is 0.439 e. The van der Waals surface area contributed by atoms with E-state index in [2.05, 4.69) is 22.4 Å². The van der Waals surface area contributed by atoms with Gasteiger partial charge in [-0.05, 0) is 18.4 Å². The number of aromatic nitrogens is 1. The molecule has 6 nitrogen and oxygen atoms in total. The quantitative estimate of drug-likeness (QED) is 0.916. The minimum atomic E-state index is -0.576. The van der Waals surface area contributed by atoms with Crippen molar-refractivity contribution in [1.82, 2.24) is 15.2 Å². The Morgan fingerprint density at radius 1 is 1.36 bits per heavy atom. The van der Waals surface area contributed by atoms with Crippen molar-refractivity contribution in [3.05, 3.63) is 52.0 Å². The lowest BCUT2D eigenvalue weighted by atomic mass is 9.93. The van der Waals surface area contributed by atoms with Gasteiger partial charge in [0.05, 0.1) is 18.1 Å². The van der Waals surface area contributed by atoms with Crippen LogP contribution in [0.4, 0.5) is 4.79 Å². The number of likely N-dealkylation sites (tertiary alicyclic amines) is 1. The van der Waals surface area contributed by atoms with E-state index in [-0.39, 0.29) is 5.91 Å². The minimum Gasteiger partial charge on any atom is -0.439 e. The Morgan fingerprint density at radius 2 is 2.20 bits per heavy atom. The molecule has 1 atom stereocenters. The zero-order valence-electron chi connectivity index (χ0n) is 13.7. The molecule has 25 heavy (non-hydrogen) atoms. The van der Waals surface area contributed by atoms with Crippen molar-refractivity contribution in [2.45, 2.75) is 24.9 Å². The highest BCUT2D eigenvalue weighted by molar-refractivity contribution is 7.09. The molecule has 0 bridgehead atoms. The number of piperidine rings is 1. The van der Waals surface area contributed by atoms with Gasteiger partial charge in [-0.15, -0.1) is 11.3 Å². The van der Waals surface area contributed by atoms with E-state index in [1.165, 1.54) is 16.9 Å². The van der Waals surface area contributed by atoms with Crippen LogP contribution in [-0.2, 0) is 11.2 Å². The summed E-state index contributed by atoms with van der Waals surface area (Å²) < 4.78 is 5.43. The summed E-state index contributed by atoms with van der Waals surface area (Å²) in [5.74, 6) is -0.0856. The van der Waals surface area contributed by atoms with Gasteiger partial charge >= 0.3 is 6.09 Å². The van der Waals surface area contributed by atoms with Gasteiger partial charge in [-0.25, -0.2) is 9.78 Å². The molecule has 1 spiro atoms. The minimum absolute atomic E-state index is 0.0856. The number of rotatable bonds is 3. The summed E-state index contributed by atoms with van der Waals surface area (Å²) in [5.41, 5.74) is 1.08. The Labute approximate surface area is 149 Å².